The van der Waals surface area contributed by atoms with Crippen LogP contribution in [0.1, 0.15) is 21.1 Å². The Morgan fingerprint density at radius 1 is 1.44 bits per heavy atom. The molecule has 92 valence electrons. The van der Waals surface area contributed by atoms with Crippen molar-refractivity contribution in [3.63, 3.8) is 0 Å². The third-order valence-electron chi connectivity index (χ3n) is 2.57. The number of halogens is 1. The summed E-state index contributed by atoms with van der Waals surface area (Å²) in [6, 6.07) is 6.42. The number of anilines is 1. The van der Waals surface area contributed by atoms with Crippen molar-refractivity contribution in [1.29, 1.82) is 5.26 Å². The predicted octanol–water partition coefficient (Wildman–Crippen LogP) is 3.38. The molecule has 0 spiro atoms. The van der Waals surface area contributed by atoms with Crippen molar-refractivity contribution < 1.29 is 4.39 Å². The molecule has 2 aromatic rings. The van der Waals surface area contributed by atoms with Gasteiger partial charge in [-0.05, 0) is 26.0 Å². The molecule has 0 aliphatic heterocycles. The van der Waals surface area contributed by atoms with Gasteiger partial charge in [-0.3, -0.25) is 0 Å². The maximum Gasteiger partial charge on any atom is 0.143 e. The number of nitrogens with one attached hydrogen (secondary N) is 1. The summed E-state index contributed by atoms with van der Waals surface area (Å²) in [4.78, 5) is 5.52. The molecule has 1 aromatic carbocycles. The highest BCUT2D eigenvalue weighted by atomic mass is 32.1. The number of hydrogen-bond donors (Lipinski definition) is 1. The van der Waals surface area contributed by atoms with Gasteiger partial charge in [-0.1, -0.05) is 6.07 Å². The second-order valence-corrected chi connectivity index (χ2v) is 5.27. The fourth-order valence-corrected chi connectivity index (χ4v) is 2.53. The van der Waals surface area contributed by atoms with Gasteiger partial charge in [-0.2, -0.15) is 5.26 Å². The first kappa shape index (κ1) is 12.5. The van der Waals surface area contributed by atoms with Gasteiger partial charge in [-0.15, -0.1) is 11.3 Å². The molecule has 1 heterocycles. The summed E-state index contributed by atoms with van der Waals surface area (Å²) < 4.78 is 13.4. The van der Waals surface area contributed by atoms with Crippen molar-refractivity contribution in [3.8, 4) is 6.07 Å². The number of aryl methyl sites for hydroxylation is 2. The minimum Gasteiger partial charge on any atom is -0.378 e. The molecular formula is C13H12FN3S. The molecule has 0 unspecified atom stereocenters. The molecular weight excluding hydrogens is 249 g/mol. The van der Waals surface area contributed by atoms with E-state index in [4.69, 9.17) is 5.26 Å². The summed E-state index contributed by atoms with van der Waals surface area (Å²) in [5.74, 6) is -0.506. The Labute approximate surface area is 109 Å². The van der Waals surface area contributed by atoms with Crippen LogP contribution in [0.4, 0.5) is 10.1 Å². The molecule has 0 amide bonds. The van der Waals surface area contributed by atoms with E-state index in [-0.39, 0.29) is 5.56 Å². The first-order valence-electron chi connectivity index (χ1n) is 5.47. The molecule has 0 aliphatic carbocycles. The lowest BCUT2D eigenvalue weighted by Gasteiger charge is -2.07. The van der Waals surface area contributed by atoms with Crippen LogP contribution in [0.15, 0.2) is 18.2 Å². The van der Waals surface area contributed by atoms with Crippen LogP contribution in [0.25, 0.3) is 0 Å². The number of rotatable bonds is 3. The van der Waals surface area contributed by atoms with Crippen molar-refractivity contribution in [1.82, 2.24) is 4.98 Å². The molecule has 0 radical (unpaired) electrons. The SMILES string of the molecule is Cc1nc(CNc2cccc(F)c2C#N)c(C)s1. The van der Waals surface area contributed by atoms with E-state index >= 15 is 0 Å². The molecule has 3 nitrogen and oxygen atoms in total. The van der Waals surface area contributed by atoms with Crippen LogP contribution in [0.3, 0.4) is 0 Å². The molecule has 0 aliphatic rings. The average molecular weight is 261 g/mol. The summed E-state index contributed by atoms with van der Waals surface area (Å²) in [5, 5.41) is 13.0. The number of nitriles is 1. The Hall–Kier alpha value is -1.93. The van der Waals surface area contributed by atoms with E-state index in [0.717, 1.165) is 15.6 Å². The first-order valence-corrected chi connectivity index (χ1v) is 6.29. The van der Waals surface area contributed by atoms with E-state index in [0.29, 0.717) is 12.2 Å². The van der Waals surface area contributed by atoms with Crippen molar-refractivity contribution in [2.75, 3.05) is 5.32 Å². The Bertz CT molecular complexity index is 613. The lowest BCUT2D eigenvalue weighted by Crippen LogP contribution is -2.03. The summed E-state index contributed by atoms with van der Waals surface area (Å²) in [7, 11) is 0. The number of thiazole rings is 1. The van der Waals surface area contributed by atoms with E-state index < -0.39 is 5.82 Å². The molecule has 0 saturated carbocycles. The lowest BCUT2D eigenvalue weighted by molar-refractivity contribution is 0.624. The van der Waals surface area contributed by atoms with E-state index in [1.807, 2.05) is 19.9 Å². The van der Waals surface area contributed by atoms with Crippen LogP contribution >= 0.6 is 11.3 Å². The maximum atomic E-state index is 13.4. The fraction of sp³-hybridized carbons (Fsp3) is 0.231. The Morgan fingerprint density at radius 2 is 2.22 bits per heavy atom. The molecule has 2 rings (SSSR count). The Kier molecular flexibility index (Phi) is 3.58. The van der Waals surface area contributed by atoms with E-state index in [1.54, 1.807) is 23.5 Å². The molecule has 0 saturated heterocycles. The molecule has 0 atom stereocenters. The second kappa shape index (κ2) is 5.15. The van der Waals surface area contributed by atoms with Crippen LogP contribution in [0.2, 0.25) is 0 Å². The molecule has 0 bridgehead atoms. The number of aromatic nitrogens is 1. The van der Waals surface area contributed by atoms with Gasteiger partial charge in [0.2, 0.25) is 0 Å². The standard InChI is InChI=1S/C13H12FN3S/c1-8-13(17-9(2)18-8)7-16-12-5-3-4-11(14)10(12)6-15/h3-5,16H,7H2,1-2H3. The highest BCUT2D eigenvalue weighted by Gasteiger charge is 2.09. The van der Waals surface area contributed by atoms with Gasteiger partial charge < -0.3 is 5.32 Å². The highest BCUT2D eigenvalue weighted by Crippen LogP contribution is 2.21. The zero-order chi connectivity index (χ0) is 13.1. The lowest BCUT2D eigenvalue weighted by atomic mass is 10.2. The molecule has 18 heavy (non-hydrogen) atoms. The normalized spacial score (nSPS) is 10.1. The summed E-state index contributed by atoms with van der Waals surface area (Å²) in [6.45, 7) is 4.44. The predicted molar refractivity (Wildman–Crippen MR) is 70.0 cm³/mol. The van der Waals surface area contributed by atoms with Gasteiger partial charge >= 0.3 is 0 Å². The van der Waals surface area contributed by atoms with Crippen molar-refractivity contribution in [3.05, 3.63) is 45.2 Å². The third kappa shape index (κ3) is 2.49. The topological polar surface area (TPSA) is 48.7 Å². The second-order valence-electron chi connectivity index (χ2n) is 3.86. The van der Waals surface area contributed by atoms with Crippen molar-refractivity contribution in [2.24, 2.45) is 0 Å². The molecule has 5 heteroatoms. The largest absolute Gasteiger partial charge is 0.378 e. The number of nitrogens with zero attached hydrogens (tertiary/aromatic N) is 2. The van der Waals surface area contributed by atoms with Crippen molar-refractivity contribution in [2.45, 2.75) is 20.4 Å². The monoisotopic (exact) mass is 261 g/mol. The van der Waals surface area contributed by atoms with Gasteiger partial charge in [0.05, 0.1) is 22.9 Å². The van der Waals surface area contributed by atoms with Crippen LogP contribution in [-0.4, -0.2) is 4.98 Å². The van der Waals surface area contributed by atoms with Gasteiger partial charge in [0.15, 0.2) is 0 Å². The summed E-state index contributed by atoms with van der Waals surface area (Å²) >= 11 is 1.63. The number of hydrogen-bond acceptors (Lipinski definition) is 4. The Morgan fingerprint density at radius 3 is 2.83 bits per heavy atom. The highest BCUT2D eigenvalue weighted by molar-refractivity contribution is 7.11. The minimum atomic E-state index is -0.506. The van der Waals surface area contributed by atoms with Crippen LogP contribution in [0.5, 0.6) is 0 Å². The quantitative estimate of drug-likeness (QED) is 0.921. The van der Waals surface area contributed by atoms with Gasteiger partial charge in [0.25, 0.3) is 0 Å². The van der Waals surface area contributed by atoms with Crippen LogP contribution in [-0.2, 0) is 6.54 Å². The first-order chi connectivity index (χ1) is 8.61. The van der Waals surface area contributed by atoms with Gasteiger partial charge in [-0.25, -0.2) is 9.37 Å². The smallest absolute Gasteiger partial charge is 0.143 e. The molecule has 1 N–H and O–H groups in total. The molecule has 1 aromatic heterocycles. The number of benzene rings is 1. The molecule has 0 fully saturated rings. The average Bonchev–Trinajstić information content (AvgIpc) is 2.65. The fourth-order valence-electron chi connectivity index (χ4n) is 1.70. The Balaban J connectivity index is 2.19. The third-order valence-corrected chi connectivity index (χ3v) is 3.50. The maximum absolute atomic E-state index is 13.4. The summed E-state index contributed by atoms with van der Waals surface area (Å²) in [6.07, 6.45) is 0. The van der Waals surface area contributed by atoms with Crippen LogP contribution < -0.4 is 5.32 Å². The van der Waals surface area contributed by atoms with Gasteiger partial charge in [0.1, 0.15) is 17.4 Å². The van der Waals surface area contributed by atoms with Crippen molar-refractivity contribution >= 4 is 17.0 Å². The van der Waals surface area contributed by atoms with Gasteiger partial charge in [0, 0.05) is 4.88 Å². The summed E-state index contributed by atoms with van der Waals surface area (Å²) in [5.41, 5.74) is 1.48. The van der Waals surface area contributed by atoms with E-state index in [2.05, 4.69) is 10.3 Å². The van der Waals surface area contributed by atoms with E-state index in [1.165, 1.54) is 6.07 Å². The zero-order valence-electron chi connectivity index (χ0n) is 10.1. The zero-order valence-corrected chi connectivity index (χ0v) is 10.9. The minimum absolute atomic E-state index is 0.0436. The van der Waals surface area contributed by atoms with E-state index in [9.17, 15) is 4.39 Å². The van der Waals surface area contributed by atoms with Crippen LogP contribution in [0, 0.1) is 31.0 Å².